The van der Waals surface area contributed by atoms with Gasteiger partial charge in [0.05, 0.1) is 17.2 Å². The van der Waals surface area contributed by atoms with Gasteiger partial charge in [0.15, 0.2) is 0 Å². The number of rotatable bonds is 5. The van der Waals surface area contributed by atoms with Crippen molar-refractivity contribution < 1.29 is 14.5 Å². The van der Waals surface area contributed by atoms with Gasteiger partial charge in [-0.15, -0.1) is 11.3 Å². The molecule has 1 aromatic carbocycles. The van der Waals surface area contributed by atoms with E-state index in [9.17, 15) is 19.7 Å². The van der Waals surface area contributed by atoms with Gasteiger partial charge >= 0.3 is 0 Å². The largest absolute Gasteiger partial charge is 0.296 e. The Hall–Kier alpha value is -2.62. The number of fused-ring (bicyclic) bond motifs is 1. The van der Waals surface area contributed by atoms with E-state index < -0.39 is 16.7 Å². The molecule has 140 valence electrons. The average Bonchev–Trinajstić information content (AvgIpc) is 3.26. The number of imide groups is 1. The lowest BCUT2D eigenvalue weighted by Gasteiger charge is -2.35. The molecule has 3 heterocycles. The van der Waals surface area contributed by atoms with Crippen molar-refractivity contribution >= 4 is 28.8 Å². The van der Waals surface area contributed by atoms with Crippen molar-refractivity contribution in [3.05, 3.63) is 61.8 Å². The van der Waals surface area contributed by atoms with Gasteiger partial charge in [-0.3, -0.25) is 34.4 Å². The van der Waals surface area contributed by atoms with Crippen molar-refractivity contribution in [1.82, 2.24) is 14.7 Å². The summed E-state index contributed by atoms with van der Waals surface area (Å²) in [6, 6.07) is 8.33. The predicted octanol–water partition coefficient (Wildman–Crippen LogP) is 2.03. The standard InChI is InChI=1S/C18H18N4O4S/c23-17-14-4-1-5-15(22(25)26)16(14)18(24)21(17)12-20-8-6-19(7-9-20)11-13-3-2-10-27-13/h1-5,10H,6-9,11-12H2. The van der Waals surface area contributed by atoms with Crippen LogP contribution in [0.25, 0.3) is 0 Å². The Labute approximate surface area is 159 Å². The number of carbonyl (C=O) groups is 2. The van der Waals surface area contributed by atoms with Crippen LogP contribution >= 0.6 is 11.3 Å². The summed E-state index contributed by atoms with van der Waals surface area (Å²) in [6.07, 6.45) is 0. The van der Waals surface area contributed by atoms with Crippen molar-refractivity contribution in [1.29, 1.82) is 0 Å². The second-order valence-corrected chi connectivity index (χ2v) is 7.64. The van der Waals surface area contributed by atoms with E-state index in [0.29, 0.717) is 0 Å². The second-order valence-electron chi connectivity index (χ2n) is 6.61. The maximum absolute atomic E-state index is 12.6. The minimum Gasteiger partial charge on any atom is -0.296 e. The van der Waals surface area contributed by atoms with Crippen LogP contribution in [-0.4, -0.2) is 64.3 Å². The van der Waals surface area contributed by atoms with Gasteiger partial charge in [-0.05, 0) is 17.5 Å². The highest BCUT2D eigenvalue weighted by Gasteiger charge is 2.41. The van der Waals surface area contributed by atoms with Crippen LogP contribution in [0.15, 0.2) is 35.7 Å². The zero-order valence-electron chi connectivity index (χ0n) is 14.5. The van der Waals surface area contributed by atoms with Gasteiger partial charge in [-0.25, -0.2) is 0 Å². The SMILES string of the molecule is O=C1c2cccc([N+](=O)[O-])c2C(=O)N1CN1CCN(Cc2cccs2)CC1. The fourth-order valence-electron chi connectivity index (χ4n) is 3.51. The smallest absolute Gasteiger partial charge is 0.282 e. The first-order valence-corrected chi connectivity index (χ1v) is 9.53. The van der Waals surface area contributed by atoms with Crippen molar-refractivity contribution in [3.63, 3.8) is 0 Å². The number of thiophene rings is 1. The van der Waals surface area contributed by atoms with Gasteiger partial charge in [0.25, 0.3) is 17.5 Å². The number of carbonyl (C=O) groups excluding carboxylic acids is 2. The van der Waals surface area contributed by atoms with Gasteiger partial charge in [-0.2, -0.15) is 0 Å². The molecule has 0 radical (unpaired) electrons. The zero-order chi connectivity index (χ0) is 19.0. The third kappa shape index (κ3) is 3.36. The van der Waals surface area contributed by atoms with Crippen molar-refractivity contribution in [2.24, 2.45) is 0 Å². The van der Waals surface area contributed by atoms with Crippen molar-refractivity contribution in [2.45, 2.75) is 6.54 Å². The number of benzene rings is 1. The summed E-state index contributed by atoms with van der Waals surface area (Å²) in [5, 5.41) is 13.2. The summed E-state index contributed by atoms with van der Waals surface area (Å²) in [5.41, 5.74) is -0.288. The van der Waals surface area contributed by atoms with Gasteiger partial charge in [0, 0.05) is 43.7 Å². The predicted molar refractivity (Wildman–Crippen MR) is 99.6 cm³/mol. The van der Waals surface area contributed by atoms with E-state index in [1.165, 1.54) is 23.1 Å². The molecule has 0 saturated carbocycles. The Morgan fingerprint density at radius 1 is 1.00 bits per heavy atom. The highest BCUT2D eigenvalue weighted by molar-refractivity contribution is 7.09. The minimum absolute atomic E-state index is 0.0937. The highest BCUT2D eigenvalue weighted by atomic mass is 32.1. The maximum atomic E-state index is 12.6. The van der Waals surface area contributed by atoms with Crippen molar-refractivity contribution in [3.8, 4) is 0 Å². The van der Waals surface area contributed by atoms with Gasteiger partial charge < -0.3 is 0 Å². The van der Waals surface area contributed by atoms with Gasteiger partial charge in [-0.1, -0.05) is 12.1 Å². The number of amides is 2. The van der Waals surface area contributed by atoms with Gasteiger partial charge in [0.1, 0.15) is 5.56 Å². The van der Waals surface area contributed by atoms with Crippen LogP contribution in [0.1, 0.15) is 25.6 Å². The van der Waals surface area contributed by atoms with Crippen LogP contribution in [0.4, 0.5) is 5.69 Å². The molecule has 0 unspecified atom stereocenters. The normalized spacial score (nSPS) is 18.1. The molecule has 0 spiro atoms. The van der Waals surface area contributed by atoms with Crippen LogP contribution in [0, 0.1) is 10.1 Å². The summed E-state index contributed by atoms with van der Waals surface area (Å²) in [5.74, 6) is -1.04. The van der Waals surface area contributed by atoms with Crippen LogP contribution < -0.4 is 0 Å². The number of piperazine rings is 1. The molecule has 4 rings (SSSR count). The Balaban J connectivity index is 1.41. The molecule has 27 heavy (non-hydrogen) atoms. The molecular weight excluding hydrogens is 368 g/mol. The molecule has 1 saturated heterocycles. The lowest BCUT2D eigenvalue weighted by molar-refractivity contribution is -0.385. The molecule has 8 nitrogen and oxygen atoms in total. The molecule has 2 amide bonds. The van der Waals surface area contributed by atoms with Gasteiger partial charge in [0.2, 0.25) is 0 Å². The molecule has 2 aromatic rings. The summed E-state index contributed by atoms with van der Waals surface area (Å²) in [4.78, 5) is 42.6. The molecule has 9 heteroatoms. The number of nitro groups is 1. The van der Waals surface area contributed by atoms with E-state index in [1.807, 2.05) is 11.0 Å². The van der Waals surface area contributed by atoms with Crippen LogP contribution in [0.2, 0.25) is 0 Å². The van der Waals surface area contributed by atoms with E-state index >= 15 is 0 Å². The molecule has 0 atom stereocenters. The topological polar surface area (TPSA) is 87.0 Å². The molecule has 0 N–H and O–H groups in total. The van der Waals surface area contributed by atoms with Crippen LogP contribution in [0.3, 0.4) is 0 Å². The lowest BCUT2D eigenvalue weighted by atomic mass is 10.1. The van der Waals surface area contributed by atoms with Crippen LogP contribution in [-0.2, 0) is 6.54 Å². The first kappa shape index (κ1) is 17.8. The Morgan fingerprint density at radius 2 is 1.74 bits per heavy atom. The van der Waals surface area contributed by atoms with E-state index in [0.717, 1.165) is 37.6 Å². The number of hydrogen-bond acceptors (Lipinski definition) is 7. The zero-order valence-corrected chi connectivity index (χ0v) is 15.4. The first-order chi connectivity index (χ1) is 13.0. The molecule has 2 aliphatic heterocycles. The Morgan fingerprint density at radius 3 is 2.41 bits per heavy atom. The molecule has 2 aliphatic rings. The average molecular weight is 386 g/mol. The Kier molecular flexibility index (Phi) is 4.73. The summed E-state index contributed by atoms with van der Waals surface area (Å²) in [6.45, 7) is 4.24. The fraction of sp³-hybridized carbons (Fsp3) is 0.333. The monoisotopic (exact) mass is 386 g/mol. The lowest BCUT2D eigenvalue weighted by Crippen LogP contribution is -2.50. The van der Waals surface area contributed by atoms with Crippen LogP contribution in [0.5, 0.6) is 0 Å². The molecule has 0 bridgehead atoms. The van der Waals surface area contributed by atoms with E-state index in [-0.39, 0.29) is 23.5 Å². The third-order valence-corrected chi connectivity index (χ3v) is 5.80. The summed E-state index contributed by atoms with van der Waals surface area (Å²) in [7, 11) is 0. The maximum Gasteiger partial charge on any atom is 0.282 e. The number of hydrogen-bond donors (Lipinski definition) is 0. The first-order valence-electron chi connectivity index (χ1n) is 8.65. The molecular formula is C18H18N4O4S. The molecule has 1 aromatic heterocycles. The highest BCUT2D eigenvalue weighted by Crippen LogP contribution is 2.30. The Bertz CT molecular complexity index is 891. The minimum atomic E-state index is -0.614. The summed E-state index contributed by atoms with van der Waals surface area (Å²) < 4.78 is 0. The molecule has 0 aliphatic carbocycles. The fourth-order valence-corrected chi connectivity index (χ4v) is 4.25. The van der Waals surface area contributed by atoms with Crippen molar-refractivity contribution in [2.75, 3.05) is 32.8 Å². The number of nitro benzene ring substituents is 1. The summed E-state index contributed by atoms with van der Waals surface area (Å²) >= 11 is 1.73. The third-order valence-electron chi connectivity index (χ3n) is 4.94. The number of nitrogens with zero attached hydrogens (tertiary/aromatic N) is 4. The molecule has 1 fully saturated rings. The quantitative estimate of drug-likeness (QED) is 0.444. The van der Waals surface area contributed by atoms with E-state index in [1.54, 1.807) is 11.3 Å². The van der Waals surface area contributed by atoms with E-state index in [4.69, 9.17) is 0 Å². The second kappa shape index (κ2) is 7.18. The van der Waals surface area contributed by atoms with E-state index in [2.05, 4.69) is 16.3 Å².